The molecule has 21 heavy (non-hydrogen) atoms. The van der Waals surface area contributed by atoms with Crippen LogP contribution in [-0.4, -0.2) is 19.2 Å². The molecule has 0 bridgehead atoms. The lowest BCUT2D eigenvalue weighted by molar-refractivity contribution is 0.482. The summed E-state index contributed by atoms with van der Waals surface area (Å²) in [5.41, 5.74) is 0.322. The van der Waals surface area contributed by atoms with Gasteiger partial charge in [0.05, 0.1) is 11.3 Å². The van der Waals surface area contributed by atoms with Gasteiger partial charge in [0, 0.05) is 12.1 Å². The van der Waals surface area contributed by atoms with Gasteiger partial charge >= 0.3 is 10.1 Å². The molecule has 6 heteroatoms. The van der Waals surface area contributed by atoms with Crippen LogP contribution in [0.5, 0.6) is 5.75 Å². The average Bonchev–Trinajstić information content (AvgIpc) is 2.43. The Balaban J connectivity index is 2.09. The van der Waals surface area contributed by atoms with Crippen LogP contribution in [0, 0.1) is 0 Å². The summed E-state index contributed by atoms with van der Waals surface area (Å²) in [6.45, 7) is 2.07. The maximum absolute atomic E-state index is 11.9. The Bertz CT molecular complexity index is 765. The fourth-order valence-corrected chi connectivity index (χ4v) is 3.11. The molecule has 0 aliphatic carbocycles. The lowest BCUT2D eigenvalue weighted by atomic mass is 10.2. The van der Waals surface area contributed by atoms with Gasteiger partial charge in [-0.2, -0.15) is 8.42 Å². The van der Waals surface area contributed by atoms with Gasteiger partial charge in [0.2, 0.25) is 5.56 Å². The van der Waals surface area contributed by atoms with Crippen molar-refractivity contribution in [3.05, 3.63) is 40.7 Å². The van der Waals surface area contributed by atoms with E-state index in [4.69, 9.17) is 4.18 Å². The van der Waals surface area contributed by atoms with Gasteiger partial charge in [-0.25, -0.2) is 0 Å². The molecule has 5 nitrogen and oxygen atoms in total. The fourth-order valence-electron chi connectivity index (χ4n) is 2.07. The summed E-state index contributed by atoms with van der Waals surface area (Å²) in [7, 11) is -3.59. The molecule has 1 heterocycles. The quantitative estimate of drug-likeness (QED) is 0.630. The van der Waals surface area contributed by atoms with E-state index in [1.807, 2.05) is 0 Å². The van der Waals surface area contributed by atoms with Crippen molar-refractivity contribution in [3.63, 3.8) is 0 Å². The standard InChI is InChI=1S/C15H19NO4S/c1-2-3-4-5-10-21(18,19)20-13-8-6-12-7-9-15(17)16-14(12)11-13/h6-9,11H,2-5,10H2,1H3,(H,16,17). The van der Waals surface area contributed by atoms with Crippen molar-refractivity contribution in [1.82, 2.24) is 4.98 Å². The van der Waals surface area contributed by atoms with Crippen molar-refractivity contribution >= 4 is 21.0 Å². The Morgan fingerprint density at radius 1 is 1.10 bits per heavy atom. The van der Waals surface area contributed by atoms with Crippen LogP contribution < -0.4 is 9.74 Å². The molecule has 2 rings (SSSR count). The van der Waals surface area contributed by atoms with E-state index in [2.05, 4.69) is 11.9 Å². The summed E-state index contributed by atoms with van der Waals surface area (Å²) < 4.78 is 28.8. The Hall–Kier alpha value is -1.82. The van der Waals surface area contributed by atoms with E-state index in [1.54, 1.807) is 18.2 Å². The molecule has 0 aliphatic heterocycles. The number of rotatable bonds is 7. The number of aromatic nitrogens is 1. The molecule has 0 saturated heterocycles. The van der Waals surface area contributed by atoms with Crippen LogP contribution in [0.2, 0.25) is 0 Å². The normalized spacial score (nSPS) is 11.7. The van der Waals surface area contributed by atoms with Crippen molar-refractivity contribution in [2.24, 2.45) is 0 Å². The summed E-state index contributed by atoms with van der Waals surface area (Å²) in [6, 6.07) is 7.93. The van der Waals surface area contributed by atoms with Crippen molar-refractivity contribution in [1.29, 1.82) is 0 Å². The zero-order chi connectivity index (χ0) is 15.3. The van der Waals surface area contributed by atoms with Gasteiger partial charge in [0.25, 0.3) is 0 Å². The van der Waals surface area contributed by atoms with Gasteiger partial charge in [-0.1, -0.05) is 26.2 Å². The number of hydrogen-bond acceptors (Lipinski definition) is 4. The first-order valence-corrected chi connectivity index (χ1v) is 8.63. The van der Waals surface area contributed by atoms with Crippen LogP contribution in [0.3, 0.4) is 0 Å². The second-order valence-electron chi connectivity index (χ2n) is 4.98. The monoisotopic (exact) mass is 309 g/mol. The number of aromatic amines is 1. The van der Waals surface area contributed by atoms with E-state index in [1.165, 1.54) is 12.1 Å². The Kier molecular flexibility index (Phi) is 5.01. The second-order valence-corrected chi connectivity index (χ2v) is 6.67. The number of H-pyrrole nitrogens is 1. The number of nitrogens with one attached hydrogen (secondary N) is 1. The largest absolute Gasteiger partial charge is 0.382 e. The van der Waals surface area contributed by atoms with Crippen molar-refractivity contribution in [2.75, 3.05) is 5.75 Å². The first-order chi connectivity index (χ1) is 10.00. The molecule has 0 amide bonds. The van der Waals surface area contributed by atoms with E-state index in [9.17, 15) is 13.2 Å². The number of fused-ring (bicyclic) bond motifs is 1. The molecular weight excluding hydrogens is 290 g/mol. The zero-order valence-electron chi connectivity index (χ0n) is 12.0. The molecule has 0 aliphatic rings. The fraction of sp³-hybridized carbons (Fsp3) is 0.400. The maximum Gasteiger partial charge on any atom is 0.309 e. The molecule has 1 N–H and O–H groups in total. The third-order valence-corrected chi connectivity index (χ3v) is 4.40. The molecular formula is C15H19NO4S. The lowest BCUT2D eigenvalue weighted by Gasteiger charge is -2.07. The number of hydrogen-bond donors (Lipinski definition) is 1. The SMILES string of the molecule is CCCCCCS(=O)(=O)Oc1ccc2ccc(=O)[nH]c2c1. The number of pyridine rings is 1. The number of unbranched alkanes of at least 4 members (excludes halogenated alkanes) is 3. The summed E-state index contributed by atoms with van der Waals surface area (Å²) in [4.78, 5) is 13.9. The minimum atomic E-state index is -3.59. The molecule has 0 fully saturated rings. The van der Waals surface area contributed by atoms with Crippen molar-refractivity contribution < 1.29 is 12.6 Å². The van der Waals surface area contributed by atoms with Crippen molar-refractivity contribution in [3.8, 4) is 5.75 Å². The summed E-state index contributed by atoms with van der Waals surface area (Å²) in [5.74, 6) is 0.232. The predicted molar refractivity (Wildman–Crippen MR) is 83.1 cm³/mol. The van der Waals surface area contributed by atoms with Crippen LogP contribution in [0.1, 0.15) is 32.6 Å². The third-order valence-electron chi connectivity index (χ3n) is 3.17. The number of benzene rings is 1. The summed E-state index contributed by atoms with van der Waals surface area (Å²) in [5, 5.41) is 0.822. The minimum absolute atomic E-state index is 0.0103. The van der Waals surface area contributed by atoms with Crippen LogP contribution in [0.25, 0.3) is 10.9 Å². The van der Waals surface area contributed by atoms with Gasteiger partial charge in [-0.3, -0.25) is 4.79 Å². The van der Waals surface area contributed by atoms with Gasteiger partial charge in [0.15, 0.2) is 0 Å². The van der Waals surface area contributed by atoms with Gasteiger partial charge in [-0.15, -0.1) is 0 Å². The Morgan fingerprint density at radius 2 is 1.86 bits per heavy atom. The van der Waals surface area contributed by atoms with Crippen LogP contribution in [0.4, 0.5) is 0 Å². The second kappa shape index (κ2) is 6.76. The predicted octanol–water partition coefficient (Wildman–Crippen LogP) is 2.82. The van der Waals surface area contributed by atoms with E-state index < -0.39 is 10.1 Å². The first-order valence-electron chi connectivity index (χ1n) is 7.05. The van der Waals surface area contributed by atoms with Crippen LogP contribution in [0.15, 0.2) is 35.1 Å². The Labute approximate surface area is 124 Å². The molecule has 0 spiro atoms. The third kappa shape index (κ3) is 4.60. The van der Waals surface area contributed by atoms with Gasteiger partial charge in [0.1, 0.15) is 5.75 Å². The highest BCUT2D eigenvalue weighted by Crippen LogP contribution is 2.20. The highest BCUT2D eigenvalue weighted by Gasteiger charge is 2.12. The molecule has 0 atom stereocenters. The highest BCUT2D eigenvalue weighted by molar-refractivity contribution is 7.87. The van der Waals surface area contributed by atoms with Gasteiger partial charge < -0.3 is 9.17 Å². The smallest absolute Gasteiger partial charge is 0.309 e. The summed E-state index contributed by atoms with van der Waals surface area (Å²) >= 11 is 0. The van der Waals surface area contributed by atoms with Crippen LogP contribution >= 0.6 is 0 Å². The minimum Gasteiger partial charge on any atom is -0.382 e. The van der Waals surface area contributed by atoms with Gasteiger partial charge in [-0.05, 0) is 30.0 Å². The molecule has 0 unspecified atom stereocenters. The van der Waals surface area contributed by atoms with Crippen molar-refractivity contribution in [2.45, 2.75) is 32.6 Å². The van der Waals surface area contributed by atoms with E-state index >= 15 is 0 Å². The highest BCUT2D eigenvalue weighted by atomic mass is 32.2. The molecule has 2 aromatic rings. The van der Waals surface area contributed by atoms with E-state index in [-0.39, 0.29) is 17.1 Å². The molecule has 114 valence electrons. The Morgan fingerprint density at radius 3 is 2.62 bits per heavy atom. The summed E-state index contributed by atoms with van der Waals surface area (Å²) in [6.07, 6.45) is 3.55. The average molecular weight is 309 g/mol. The lowest BCUT2D eigenvalue weighted by Crippen LogP contribution is -2.14. The molecule has 1 aromatic heterocycles. The maximum atomic E-state index is 11.9. The van der Waals surface area contributed by atoms with E-state index in [0.29, 0.717) is 11.9 Å². The molecule has 0 radical (unpaired) electrons. The van der Waals surface area contributed by atoms with Crippen LogP contribution in [-0.2, 0) is 10.1 Å². The van der Waals surface area contributed by atoms with E-state index in [0.717, 1.165) is 24.6 Å². The molecule has 0 saturated carbocycles. The molecule has 1 aromatic carbocycles. The first kappa shape index (κ1) is 15.6. The topological polar surface area (TPSA) is 76.2 Å². The zero-order valence-corrected chi connectivity index (χ0v) is 12.8.